The van der Waals surface area contributed by atoms with Crippen LogP contribution in [-0.2, 0) is 0 Å². The third-order valence-electron chi connectivity index (χ3n) is 2.28. The zero-order valence-electron chi connectivity index (χ0n) is 11.3. The molecule has 0 aliphatic carbocycles. The van der Waals surface area contributed by atoms with Crippen LogP contribution in [0.15, 0.2) is 22.7 Å². The van der Waals surface area contributed by atoms with E-state index in [-0.39, 0.29) is 17.6 Å². The summed E-state index contributed by atoms with van der Waals surface area (Å²) in [5.74, 6) is 0.357. The van der Waals surface area contributed by atoms with E-state index in [2.05, 4.69) is 26.6 Å². The Morgan fingerprint density at radius 3 is 2.80 bits per heavy atom. The van der Waals surface area contributed by atoms with Gasteiger partial charge in [0.2, 0.25) is 0 Å². The Kier molecular flexibility index (Phi) is 6.90. The van der Waals surface area contributed by atoms with E-state index in [9.17, 15) is 4.79 Å². The highest BCUT2D eigenvalue weighted by atomic mass is 79.9. The topological polar surface area (TPSA) is 70.6 Å². The van der Waals surface area contributed by atoms with Crippen LogP contribution in [0.5, 0.6) is 5.75 Å². The molecule has 1 aromatic carbocycles. The molecule has 5 nitrogen and oxygen atoms in total. The molecular formula is C13H17BrN2O3S. The molecule has 0 bridgehead atoms. The monoisotopic (exact) mass is 360 g/mol. The van der Waals surface area contributed by atoms with Gasteiger partial charge in [-0.15, -0.1) is 0 Å². The lowest BCUT2D eigenvalue weighted by molar-refractivity contribution is 0.0976. The molecule has 1 rings (SSSR count). The second kappa shape index (κ2) is 8.18. The van der Waals surface area contributed by atoms with Crippen LogP contribution in [0.2, 0.25) is 0 Å². The van der Waals surface area contributed by atoms with Gasteiger partial charge in [-0.3, -0.25) is 10.1 Å². The predicted octanol–water partition coefficient (Wildman–Crippen LogP) is 1.83. The highest BCUT2D eigenvalue weighted by Crippen LogP contribution is 2.25. The molecule has 0 saturated heterocycles. The first-order valence-corrected chi connectivity index (χ1v) is 7.33. The van der Waals surface area contributed by atoms with E-state index in [4.69, 9.17) is 22.1 Å². The number of carbonyl (C=O) groups excluding carboxylic acids is 1. The zero-order chi connectivity index (χ0) is 15.1. The number of rotatable bonds is 5. The number of hydrogen-bond acceptors (Lipinski definition) is 4. The number of hydrogen-bond donors (Lipinski definition) is 3. The summed E-state index contributed by atoms with van der Waals surface area (Å²) >= 11 is 8.30. The van der Waals surface area contributed by atoms with Crippen LogP contribution in [0.25, 0.3) is 0 Å². The van der Waals surface area contributed by atoms with E-state index in [1.807, 2.05) is 6.92 Å². The lowest BCUT2D eigenvalue weighted by atomic mass is 10.2. The third kappa shape index (κ3) is 5.44. The van der Waals surface area contributed by atoms with E-state index >= 15 is 0 Å². The largest absolute Gasteiger partial charge is 0.493 e. The molecule has 0 fully saturated rings. The van der Waals surface area contributed by atoms with Crippen molar-refractivity contribution < 1.29 is 14.6 Å². The molecule has 20 heavy (non-hydrogen) atoms. The van der Waals surface area contributed by atoms with E-state index in [0.717, 1.165) is 0 Å². The number of aliphatic hydroxyl groups excluding tert-OH is 1. The maximum absolute atomic E-state index is 12.0. The number of benzene rings is 1. The number of amides is 1. The van der Waals surface area contributed by atoms with Crippen molar-refractivity contribution in [2.24, 2.45) is 0 Å². The lowest BCUT2D eigenvalue weighted by Crippen LogP contribution is -2.41. The molecule has 7 heteroatoms. The normalized spacial score (nSPS) is 11.6. The zero-order valence-corrected chi connectivity index (χ0v) is 13.7. The van der Waals surface area contributed by atoms with Gasteiger partial charge in [-0.2, -0.15) is 0 Å². The molecule has 1 unspecified atom stereocenters. The molecule has 0 heterocycles. The lowest BCUT2D eigenvalue weighted by Gasteiger charge is -2.11. The Bertz CT molecular complexity index is 495. The molecule has 0 aromatic heterocycles. The molecule has 0 aliphatic rings. The molecule has 0 spiro atoms. The van der Waals surface area contributed by atoms with Crippen molar-refractivity contribution in [1.29, 1.82) is 0 Å². The van der Waals surface area contributed by atoms with Crippen molar-refractivity contribution in [2.45, 2.75) is 20.0 Å². The molecule has 3 N–H and O–H groups in total. The summed E-state index contributed by atoms with van der Waals surface area (Å²) in [4.78, 5) is 12.0. The molecule has 1 atom stereocenters. The fourth-order valence-corrected chi connectivity index (χ4v) is 2.04. The molecule has 1 aromatic rings. The van der Waals surface area contributed by atoms with Crippen molar-refractivity contribution in [3.05, 3.63) is 28.2 Å². The van der Waals surface area contributed by atoms with Crippen LogP contribution < -0.4 is 15.4 Å². The van der Waals surface area contributed by atoms with E-state index in [1.165, 1.54) is 0 Å². The Labute approximate surface area is 131 Å². The maximum atomic E-state index is 12.0. The number of halogens is 1. The first-order valence-electron chi connectivity index (χ1n) is 6.13. The number of ether oxygens (including phenoxy) is 1. The van der Waals surface area contributed by atoms with Crippen LogP contribution in [-0.4, -0.2) is 35.4 Å². The number of nitrogens with one attached hydrogen (secondary N) is 2. The van der Waals surface area contributed by atoms with Crippen LogP contribution >= 0.6 is 28.1 Å². The van der Waals surface area contributed by atoms with Crippen LogP contribution in [0, 0.1) is 0 Å². The van der Waals surface area contributed by atoms with Gasteiger partial charge >= 0.3 is 0 Å². The fourth-order valence-electron chi connectivity index (χ4n) is 1.37. The summed E-state index contributed by atoms with van der Waals surface area (Å²) in [6.45, 7) is 4.35. The second-order valence-corrected chi connectivity index (χ2v) is 5.35. The van der Waals surface area contributed by atoms with Crippen molar-refractivity contribution in [3.63, 3.8) is 0 Å². The quantitative estimate of drug-likeness (QED) is 0.698. The van der Waals surface area contributed by atoms with Gasteiger partial charge in [0, 0.05) is 12.1 Å². The van der Waals surface area contributed by atoms with Crippen LogP contribution in [0.3, 0.4) is 0 Å². The summed E-state index contributed by atoms with van der Waals surface area (Å²) in [5.41, 5.74) is 0.460. The molecule has 1 amide bonds. The Hall–Kier alpha value is -1.18. The van der Waals surface area contributed by atoms with Crippen molar-refractivity contribution in [1.82, 2.24) is 10.6 Å². The van der Waals surface area contributed by atoms with Gasteiger partial charge in [-0.25, -0.2) is 0 Å². The van der Waals surface area contributed by atoms with Gasteiger partial charge in [-0.05, 0) is 60.2 Å². The van der Waals surface area contributed by atoms with E-state index in [1.54, 1.807) is 25.1 Å². The summed E-state index contributed by atoms with van der Waals surface area (Å²) in [6.07, 6.45) is -0.538. The predicted molar refractivity (Wildman–Crippen MR) is 85.1 cm³/mol. The van der Waals surface area contributed by atoms with Gasteiger partial charge in [-0.1, -0.05) is 0 Å². The van der Waals surface area contributed by atoms with Gasteiger partial charge in [0.15, 0.2) is 5.11 Å². The highest BCUT2D eigenvalue weighted by Gasteiger charge is 2.10. The van der Waals surface area contributed by atoms with Gasteiger partial charge in [0.05, 0.1) is 17.2 Å². The van der Waals surface area contributed by atoms with Crippen molar-refractivity contribution >= 4 is 39.2 Å². The van der Waals surface area contributed by atoms with Gasteiger partial charge < -0.3 is 15.2 Å². The summed E-state index contributed by atoms with van der Waals surface area (Å²) < 4.78 is 6.08. The number of aliphatic hydroxyl groups is 1. The third-order valence-corrected chi connectivity index (χ3v) is 3.15. The Morgan fingerprint density at radius 1 is 1.55 bits per heavy atom. The molecule has 0 aliphatic heterocycles. The second-order valence-electron chi connectivity index (χ2n) is 4.09. The van der Waals surface area contributed by atoms with Crippen LogP contribution in [0.4, 0.5) is 0 Å². The fraction of sp³-hybridized carbons (Fsp3) is 0.385. The summed E-state index contributed by atoms with van der Waals surface area (Å²) in [6, 6.07) is 5.04. The average molecular weight is 361 g/mol. The minimum atomic E-state index is -0.538. The molecular weight excluding hydrogens is 344 g/mol. The minimum absolute atomic E-state index is 0.181. The molecule has 110 valence electrons. The highest BCUT2D eigenvalue weighted by molar-refractivity contribution is 9.10. The van der Waals surface area contributed by atoms with Crippen molar-refractivity contribution in [3.8, 4) is 5.75 Å². The van der Waals surface area contributed by atoms with Gasteiger partial charge in [0.1, 0.15) is 5.75 Å². The first kappa shape index (κ1) is 16.9. The standard InChI is InChI=1S/C13H17BrN2O3S/c1-3-19-11-5-4-9(6-10(11)14)12(18)16-13(20)15-7-8(2)17/h4-6,8,17H,3,7H2,1-2H3,(H2,15,16,18,20). The van der Waals surface area contributed by atoms with Gasteiger partial charge in [0.25, 0.3) is 5.91 Å². The van der Waals surface area contributed by atoms with E-state index < -0.39 is 6.10 Å². The number of carbonyl (C=O) groups is 1. The Balaban J connectivity index is 2.63. The average Bonchev–Trinajstić information content (AvgIpc) is 2.39. The van der Waals surface area contributed by atoms with Crippen molar-refractivity contribution in [2.75, 3.05) is 13.2 Å². The van der Waals surface area contributed by atoms with Crippen LogP contribution in [0.1, 0.15) is 24.2 Å². The number of thiocarbonyl (C=S) groups is 1. The summed E-state index contributed by atoms with van der Waals surface area (Å²) in [7, 11) is 0. The SMILES string of the molecule is CCOc1ccc(C(=O)NC(=S)NCC(C)O)cc1Br. The first-order chi connectivity index (χ1) is 9.43. The molecule has 0 radical (unpaired) electrons. The Morgan fingerprint density at radius 2 is 2.25 bits per heavy atom. The summed E-state index contributed by atoms with van der Waals surface area (Å²) in [5, 5.41) is 14.6. The maximum Gasteiger partial charge on any atom is 0.257 e. The smallest absolute Gasteiger partial charge is 0.257 e. The minimum Gasteiger partial charge on any atom is -0.493 e. The van der Waals surface area contributed by atoms with E-state index in [0.29, 0.717) is 22.4 Å². The molecule has 0 saturated carbocycles.